The number of hydrogen-bond acceptors (Lipinski definition) is 4. The molecular weight excluding hydrogens is 230 g/mol. The van der Waals surface area contributed by atoms with Gasteiger partial charge in [-0.25, -0.2) is 0 Å². The predicted octanol–water partition coefficient (Wildman–Crippen LogP) is 0.651. The molecule has 0 aliphatic carbocycles. The molecule has 0 saturated heterocycles. The molecule has 98 valence electrons. The number of nitrogens with two attached hydrogens (primary N) is 1. The second kappa shape index (κ2) is 5.37. The fourth-order valence-corrected chi connectivity index (χ4v) is 2.15. The molecule has 1 aliphatic rings. The number of carbonyl (C=O) groups is 1. The highest BCUT2D eigenvalue weighted by atomic mass is 16.5. The molecule has 0 saturated carbocycles. The second-order valence-electron chi connectivity index (χ2n) is 4.39. The molecular formula is C13H19N3O2. The number of nitrogens with zero attached hydrogens (tertiary/aromatic N) is 1. The van der Waals surface area contributed by atoms with Crippen LogP contribution in [0.1, 0.15) is 18.0 Å². The van der Waals surface area contributed by atoms with Crippen LogP contribution >= 0.6 is 0 Å². The van der Waals surface area contributed by atoms with Gasteiger partial charge in [-0.05, 0) is 37.7 Å². The van der Waals surface area contributed by atoms with E-state index >= 15 is 0 Å². The normalized spacial score (nSPS) is 16.2. The third kappa shape index (κ3) is 2.32. The zero-order chi connectivity index (χ0) is 13.1. The van der Waals surface area contributed by atoms with E-state index in [1.807, 2.05) is 25.2 Å². The van der Waals surface area contributed by atoms with Crippen molar-refractivity contribution >= 4 is 11.6 Å². The summed E-state index contributed by atoms with van der Waals surface area (Å²) in [5, 5.41) is 3.23. The second-order valence-corrected chi connectivity index (χ2v) is 4.39. The van der Waals surface area contributed by atoms with Gasteiger partial charge in [0, 0.05) is 13.1 Å². The average Bonchev–Trinajstić information content (AvgIpc) is 2.40. The maximum atomic E-state index is 11.6. The lowest BCUT2D eigenvalue weighted by atomic mass is 10.0. The summed E-state index contributed by atoms with van der Waals surface area (Å²) in [7, 11) is 3.68. The van der Waals surface area contributed by atoms with Crippen LogP contribution in [-0.2, 0) is 4.79 Å². The van der Waals surface area contributed by atoms with Crippen molar-refractivity contribution in [1.82, 2.24) is 5.32 Å². The number of nitrogens with one attached hydrogen (secondary N) is 1. The summed E-state index contributed by atoms with van der Waals surface area (Å²) in [5.41, 5.74) is 7.54. The van der Waals surface area contributed by atoms with E-state index in [0.29, 0.717) is 6.54 Å². The van der Waals surface area contributed by atoms with Crippen molar-refractivity contribution in [1.29, 1.82) is 0 Å². The van der Waals surface area contributed by atoms with Gasteiger partial charge in [0.15, 0.2) is 6.61 Å². The van der Waals surface area contributed by atoms with Crippen molar-refractivity contribution in [2.24, 2.45) is 5.73 Å². The van der Waals surface area contributed by atoms with Gasteiger partial charge >= 0.3 is 0 Å². The monoisotopic (exact) mass is 249 g/mol. The number of benzene rings is 1. The zero-order valence-electron chi connectivity index (χ0n) is 10.8. The fourth-order valence-electron chi connectivity index (χ4n) is 2.15. The third-order valence-corrected chi connectivity index (χ3v) is 3.28. The van der Waals surface area contributed by atoms with Crippen LogP contribution in [0.3, 0.4) is 0 Å². The Labute approximate surface area is 107 Å². The average molecular weight is 249 g/mol. The van der Waals surface area contributed by atoms with Gasteiger partial charge in [-0.2, -0.15) is 0 Å². The maximum Gasteiger partial charge on any atom is 0.264 e. The quantitative estimate of drug-likeness (QED) is 0.822. The molecule has 0 aromatic heterocycles. The molecule has 1 amide bonds. The molecule has 1 aliphatic heterocycles. The highest BCUT2D eigenvalue weighted by Gasteiger charge is 2.23. The van der Waals surface area contributed by atoms with Crippen LogP contribution in [-0.4, -0.2) is 33.2 Å². The van der Waals surface area contributed by atoms with Gasteiger partial charge in [0.25, 0.3) is 5.91 Å². The van der Waals surface area contributed by atoms with E-state index in [-0.39, 0.29) is 18.6 Å². The van der Waals surface area contributed by atoms with Crippen molar-refractivity contribution < 1.29 is 9.53 Å². The molecule has 5 heteroatoms. The van der Waals surface area contributed by atoms with Crippen LogP contribution in [0.4, 0.5) is 5.69 Å². The summed E-state index contributed by atoms with van der Waals surface area (Å²) >= 11 is 0. The lowest BCUT2D eigenvalue weighted by Crippen LogP contribution is -2.35. The van der Waals surface area contributed by atoms with Gasteiger partial charge in [0.2, 0.25) is 0 Å². The number of likely N-dealkylation sites (N-methyl/N-ethyl adjacent to an activating group) is 1. The number of amides is 1. The Morgan fingerprint density at radius 2 is 2.33 bits per heavy atom. The molecule has 0 fully saturated rings. The van der Waals surface area contributed by atoms with Gasteiger partial charge in [-0.1, -0.05) is 6.07 Å². The Bertz CT molecular complexity index is 448. The molecule has 2 rings (SSSR count). The smallest absolute Gasteiger partial charge is 0.264 e. The Morgan fingerprint density at radius 1 is 1.56 bits per heavy atom. The molecule has 1 unspecified atom stereocenters. The van der Waals surface area contributed by atoms with Crippen LogP contribution in [0.25, 0.3) is 0 Å². The Morgan fingerprint density at radius 3 is 3.00 bits per heavy atom. The van der Waals surface area contributed by atoms with E-state index in [2.05, 4.69) is 5.32 Å². The topological polar surface area (TPSA) is 67.6 Å². The molecule has 0 bridgehead atoms. The largest absolute Gasteiger partial charge is 0.482 e. The molecule has 1 aromatic rings. The Kier molecular flexibility index (Phi) is 3.84. The minimum Gasteiger partial charge on any atom is -0.482 e. The first-order chi connectivity index (χ1) is 8.67. The zero-order valence-corrected chi connectivity index (χ0v) is 10.8. The molecule has 1 aromatic carbocycles. The Balaban J connectivity index is 2.33. The van der Waals surface area contributed by atoms with Gasteiger partial charge in [0.1, 0.15) is 5.75 Å². The highest BCUT2D eigenvalue weighted by molar-refractivity contribution is 5.97. The van der Waals surface area contributed by atoms with E-state index in [1.54, 1.807) is 11.9 Å². The van der Waals surface area contributed by atoms with Crippen molar-refractivity contribution in [3.8, 4) is 5.75 Å². The van der Waals surface area contributed by atoms with Crippen molar-refractivity contribution in [2.45, 2.75) is 12.5 Å². The van der Waals surface area contributed by atoms with Crippen molar-refractivity contribution in [3.05, 3.63) is 23.8 Å². The number of fused-ring (bicyclic) bond motifs is 1. The first-order valence-electron chi connectivity index (χ1n) is 6.08. The lowest BCUT2D eigenvalue weighted by Gasteiger charge is -2.27. The van der Waals surface area contributed by atoms with Crippen LogP contribution in [0, 0.1) is 0 Å². The predicted molar refractivity (Wildman–Crippen MR) is 70.8 cm³/mol. The molecule has 3 N–H and O–H groups in total. The molecule has 5 nitrogen and oxygen atoms in total. The van der Waals surface area contributed by atoms with Gasteiger partial charge in [-0.3, -0.25) is 4.79 Å². The number of ether oxygens (including phenoxy) is 1. The fraction of sp³-hybridized carbons (Fsp3) is 0.462. The molecule has 18 heavy (non-hydrogen) atoms. The third-order valence-electron chi connectivity index (χ3n) is 3.28. The number of rotatable bonds is 4. The summed E-state index contributed by atoms with van der Waals surface area (Å²) in [6.45, 7) is 0.731. The van der Waals surface area contributed by atoms with Crippen molar-refractivity contribution in [3.63, 3.8) is 0 Å². The summed E-state index contributed by atoms with van der Waals surface area (Å²) in [4.78, 5) is 13.2. The van der Waals surface area contributed by atoms with E-state index in [4.69, 9.17) is 10.5 Å². The van der Waals surface area contributed by atoms with E-state index < -0.39 is 0 Å². The number of carbonyl (C=O) groups excluding carboxylic acids is 1. The number of anilines is 1. The first-order valence-corrected chi connectivity index (χ1v) is 6.08. The minimum atomic E-state index is -0.0283. The van der Waals surface area contributed by atoms with Crippen LogP contribution in [0.5, 0.6) is 5.75 Å². The Hall–Kier alpha value is -1.59. The van der Waals surface area contributed by atoms with Gasteiger partial charge in [0.05, 0.1) is 5.69 Å². The summed E-state index contributed by atoms with van der Waals surface area (Å²) in [5.74, 6) is 0.725. The maximum absolute atomic E-state index is 11.6. The minimum absolute atomic E-state index is 0.0283. The van der Waals surface area contributed by atoms with Crippen LogP contribution < -0.4 is 20.7 Å². The molecule has 1 atom stereocenters. The van der Waals surface area contributed by atoms with Crippen LogP contribution in [0.15, 0.2) is 18.2 Å². The van der Waals surface area contributed by atoms with Crippen molar-refractivity contribution in [2.75, 3.05) is 32.1 Å². The first kappa shape index (κ1) is 12.9. The lowest BCUT2D eigenvalue weighted by molar-refractivity contribution is -0.120. The highest BCUT2D eigenvalue weighted by Crippen LogP contribution is 2.33. The number of hydrogen-bond donors (Lipinski definition) is 2. The SMILES string of the molecule is CNC(CCN)c1ccc2c(c1)N(C)C(=O)CO2. The summed E-state index contributed by atoms with van der Waals surface area (Å²) in [6.07, 6.45) is 0.855. The molecule has 0 spiro atoms. The van der Waals surface area contributed by atoms with E-state index in [0.717, 1.165) is 23.4 Å². The molecule has 1 heterocycles. The van der Waals surface area contributed by atoms with Crippen LogP contribution in [0.2, 0.25) is 0 Å². The van der Waals surface area contributed by atoms with E-state index in [9.17, 15) is 4.79 Å². The standard InChI is InChI=1S/C13H19N3O2/c1-15-10(5-6-14)9-3-4-12-11(7-9)16(2)13(17)8-18-12/h3-4,7,10,15H,5-6,8,14H2,1-2H3. The van der Waals surface area contributed by atoms with Gasteiger partial charge in [-0.15, -0.1) is 0 Å². The van der Waals surface area contributed by atoms with E-state index in [1.165, 1.54) is 0 Å². The summed E-state index contributed by atoms with van der Waals surface area (Å²) < 4.78 is 5.40. The van der Waals surface area contributed by atoms with Gasteiger partial charge < -0.3 is 20.7 Å². The summed E-state index contributed by atoms with van der Waals surface area (Å²) in [6, 6.07) is 6.11. The molecule has 0 radical (unpaired) electrons.